The number of nitrogens with zero attached hydrogens (tertiary/aromatic N) is 2. The molecule has 0 saturated carbocycles. The number of ether oxygens (including phenoxy) is 2. The number of halogens is 3. The standard InChI is InChI=1S/C23H20F3N3O3/c1-14-8-17(15(2)29(14)19-6-7-20-21(11-19)32-13-31-20)12-27-28-22(30)10-16-4-3-5-18(9-16)23(24,25)26/h3-9,11-12H,10,13H2,1-2H3,(H,28,30). The molecule has 6 nitrogen and oxygen atoms in total. The summed E-state index contributed by atoms with van der Waals surface area (Å²) in [6, 6.07) is 12.3. The molecule has 0 spiro atoms. The van der Waals surface area contributed by atoms with Crippen LogP contribution in [0.1, 0.15) is 28.1 Å². The lowest BCUT2D eigenvalue weighted by Crippen LogP contribution is -2.20. The van der Waals surface area contributed by atoms with E-state index in [1.54, 1.807) is 0 Å². The number of hydrogen-bond donors (Lipinski definition) is 1. The number of nitrogens with one attached hydrogen (secondary N) is 1. The van der Waals surface area contributed by atoms with Crippen molar-refractivity contribution < 1.29 is 27.4 Å². The number of hydrogen-bond acceptors (Lipinski definition) is 4. The topological polar surface area (TPSA) is 64.9 Å². The van der Waals surface area contributed by atoms with E-state index in [-0.39, 0.29) is 18.8 Å². The second-order valence-electron chi connectivity index (χ2n) is 7.37. The van der Waals surface area contributed by atoms with Gasteiger partial charge in [0.2, 0.25) is 12.7 Å². The fraction of sp³-hybridized carbons (Fsp3) is 0.217. The summed E-state index contributed by atoms with van der Waals surface area (Å²) in [5.74, 6) is 0.860. The molecule has 0 saturated heterocycles. The number of benzene rings is 2. The maximum atomic E-state index is 12.8. The Morgan fingerprint density at radius 3 is 2.69 bits per heavy atom. The van der Waals surface area contributed by atoms with Gasteiger partial charge in [-0.1, -0.05) is 18.2 Å². The first-order chi connectivity index (χ1) is 15.2. The molecule has 4 rings (SSSR count). The van der Waals surface area contributed by atoms with Crippen LogP contribution in [-0.4, -0.2) is 23.5 Å². The molecule has 1 aliphatic heterocycles. The number of carbonyl (C=O) groups is 1. The normalized spacial score (nSPS) is 13.0. The summed E-state index contributed by atoms with van der Waals surface area (Å²) >= 11 is 0. The van der Waals surface area contributed by atoms with Crippen LogP contribution in [0.3, 0.4) is 0 Å². The molecule has 1 N–H and O–H groups in total. The van der Waals surface area contributed by atoms with Crippen LogP contribution < -0.4 is 14.9 Å². The molecule has 1 aromatic heterocycles. The van der Waals surface area contributed by atoms with E-state index in [4.69, 9.17) is 9.47 Å². The number of hydrazone groups is 1. The summed E-state index contributed by atoms with van der Waals surface area (Å²) in [7, 11) is 0. The molecule has 0 fully saturated rings. The van der Waals surface area contributed by atoms with Gasteiger partial charge in [-0.05, 0) is 43.7 Å². The van der Waals surface area contributed by atoms with Crippen molar-refractivity contribution in [2.75, 3.05) is 6.79 Å². The van der Waals surface area contributed by atoms with E-state index in [1.807, 2.05) is 42.7 Å². The number of rotatable bonds is 5. The Hall–Kier alpha value is -3.75. The average molecular weight is 443 g/mol. The van der Waals surface area contributed by atoms with Gasteiger partial charge in [-0.3, -0.25) is 4.79 Å². The van der Waals surface area contributed by atoms with Crippen LogP contribution in [0.4, 0.5) is 13.2 Å². The van der Waals surface area contributed by atoms with Gasteiger partial charge < -0.3 is 14.0 Å². The fourth-order valence-corrected chi connectivity index (χ4v) is 3.60. The molecular weight excluding hydrogens is 423 g/mol. The van der Waals surface area contributed by atoms with E-state index in [0.717, 1.165) is 34.8 Å². The van der Waals surface area contributed by atoms with Crippen LogP contribution in [0.15, 0.2) is 53.6 Å². The van der Waals surface area contributed by atoms with Gasteiger partial charge in [0.25, 0.3) is 0 Å². The minimum atomic E-state index is -4.45. The largest absolute Gasteiger partial charge is 0.454 e. The van der Waals surface area contributed by atoms with Crippen LogP contribution >= 0.6 is 0 Å². The molecule has 0 atom stereocenters. The SMILES string of the molecule is Cc1cc(C=NNC(=O)Cc2cccc(C(F)(F)F)c2)c(C)n1-c1ccc2c(c1)OCO2. The Bertz CT molecular complexity index is 1200. The predicted molar refractivity (Wildman–Crippen MR) is 112 cm³/mol. The van der Waals surface area contributed by atoms with Gasteiger partial charge in [-0.15, -0.1) is 0 Å². The smallest absolute Gasteiger partial charge is 0.416 e. The average Bonchev–Trinajstić information content (AvgIpc) is 3.31. The minimum Gasteiger partial charge on any atom is -0.454 e. The van der Waals surface area contributed by atoms with Gasteiger partial charge in [0.15, 0.2) is 11.5 Å². The fourth-order valence-electron chi connectivity index (χ4n) is 3.60. The Morgan fingerprint density at radius 1 is 1.12 bits per heavy atom. The third kappa shape index (κ3) is 4.46. The van der Waals surface area contributed by atoms with Crippen molar-refractivity contribution in [3.05, 3.63) is 76.6 Å². The lowest BCUT2D eigenvalue weighted by atomic mass is 10.1. The van der Waals surface area contributed by atoms with Gasteiger partial charge in [0.1, 0.15) is 0 Å². The van der Waals surface area contributed by atoms with Gasteiger partial charge in [0, 0.05) is 28.7 Å². The second kappa shape index (κ2) is 8.41. The molecule has 0 radical (unpaired) electrons. The van der Waals surface area contributed by atoms with E-state index < -0.39 is 17.6 Å². The Balaban J connectivity index is 1.44. The third-order valence-corrected chi connectivity index (χ3v) is 5.10. The van der Waals surface area contributed by atoms with E-state index in [9.17, 15) is 18.0 Å². The Morgan fingerprint density at radius 2 is 1.91 bits per heavy atom. The molecular formula is C23H20F3N3O3. The van der Waals surface area contributed by atoms with E-state index in [0.29, 0.717) is 11.5 Å². The third-order valence-electron chi connectivity index (χ3n) is 5.10. The van der Waals surface area contributed by atoms with Crippen molar-refractivity contribution in [1.29, 1.82) is 0 Å². The molecule has 1 amide bonds. The summed E-state index contributed by atoms with van der Waals surface area (Å²) in [4.78, 5) is 12.1. The van der Waals surface area contributed by atoms with Crippen LogP contribution in [0.2, 0.25) is 0 Å². The molecule has 2 heterocycles. The Labute approximate surface area is 182 Å². The van der Waals surface area contributed by atoms with Crippen molar-refractivity contribution in [3.8, 4) is 17.2 Å². The molecule has 32 heavy (non-hydrogen) atoms. The highest BCUT2D eigenvalue weighted by Crippen LogP contribution is 2.34. The number of aromatic nitrogens is 1. The summed E-state index contributed by atoms with van der Waals surface area (Å²) < 4.78 is 51.3. The zero-order chi connectivity index (χ0) is 22.9. The summed E-state index contributed by atoms with van der Waals surface area (Å²) in [6.45, 7) is 4.06. The van der Waals surface area contributed by atoms with Gasteiger partial charge in [0.05, 0.1) is 18.2 Å². The molecule has 166 valence electrons. The molecule has 9 heteroatoms. The van der Waals surface area contributed by atoms with Crippen molar-refractivity contribution in [2.24, 2.45) is 5.10 Å². The maximum absolute atomic E-state index is 12.8. The monoisotopic (exact) mass is 443 g/mol. The summed E-state index contributed by atoms with van der Waals surface area (Å²) in [5.41, 5.74) is 5.39. The molecule has 3 aromatic rings. The first-order valence-corrected chi connectivity index (χ1v) is 9.79. The van der Waals surface area contributed by atoms with Crippen molar-refractivity contribution in [2.45, 2.75) is 26.4 Å². The van der Waals surface area contributed by atoms with Gasteiger partial charge in [-0.2, -0.15) is 18.3 Å². The number of alkyl halides is 3. The lowest BCUT2D eigenvalue weighted by molar-refractivity contribution is -0.137. The molecule has 2 aromatic carbocycles. The van der Waals surface area contributed by atoms with Gasteiger partial charge >= 0.3 is 6.18 Å². The van der Waals surface area contributed by atoms with Crippen LogP contribution in [0.25, 0.3) is 5.69 Å². The van der Waals surface area contributed by atoms with Crippen LogP contribution in [0.5, 0.6) is 11.5 Å². The second-order valence-corrected chi connectivity index (χ2v) is 7.37. The zero-order valence-electron chi connectivity index (χ0n) is 17.4. The lowest BCUT2D eigenvalue weighted by Gasteiger charge is -2.10. The van der Waals surface area contributed by atoms with Crippen molar-refractivity contribution in [3.63, 3.8) is 0 Å². The number of aryl methyl sites for hydroxylation is 1. The number of amides is 1. The maximum Gasteiger partial charge on any atom is 0.416 e. The van der Waals surface area contributed by atoms with E-state index >= 15 is 0 Å². The first kappa shape index (κ1) is 21.5. The molecule has 1 aliphatic rings. The molecule has 0 unspecified atom stereocenters. The van der Waals surface area contributed by atoms with E-state index in [2.05, 4.69) is 10.5 Å². The summed E-state index contributed by atoms with van der Waals surface area (Å²) in [6.07, 6.45) is -3.15. The van der Waals surface area contributed by atoms with Crippen LogP contribution in [-0.2, 0) is 17.4 Å². The zero-order valence-corrected chi connectivity index (χ0v) is 17.4. The number of fused-ring (bicyclic) bond motifs is 1. The van der Waals surface area contributed by atoms with E-state index in [1.165, 1.54) is 18.3 Å². The number of carbonyl (C=O) groups excluding carboxylic acids is 1. The quantitative estimate of drug-likeness (QED) is 0.465. The Kier molecular flexibility index (Phi) is 5.65. The van der Waals surface area contributed by atoms with Crippen LogP contribution in [0, 0.1) is 13.8 Å². The first-order valence-electron chi connectivity index (χ1n) is 9.79. The van der Waals surface area contributed by atoms with Crippen molar-refractivity contribution >= 4 is 12.1 Å². The van der Waals surface area contributed by atoms with Gasteiger partial charge in [-0.25, -0.2) is 5.43 Å². The molecule has 0 aliphatic carbocycles. The minimum absolute atomic E-state index is 0.195. The highest BCUT2D eigenvalue weighted by molar-refractivity contribution is 5.85. The highest BCUT2D eigenvalue weighted by Gasteiger charge is 2.30. The molecule has 0 bridgehead atoms. The highest BCUT2D eigenvalue weighted by atomic mass is 19.4. The predicted octanol–water partition coefficient (Wildman–Crippen LogP) is 4.53. The van der Waals surface area contributed by atoms with Crippen molar-refractivity contribution in [1.82, 2.24) is 9.99 Å². The summed E-state index contributed by atoms with van der Waals surface area (Å²) in [5, 5.41) is 3.97.